The summed E-state index contributed by atoms with van der Waals surface area (Å²) in [4.78, 5) is 53.3. The third-order valence-electron chi connectivity index (χ3n) is 5.39. The summed E-state index contributed by atoms with van der Waals surface area (Å²) >= 11 is 0. The Kier molecular flexibility index (Phi) is 11.9. The first-order chi connectivity index (χ1) is 16.7. The van der Waals surface area contributed by atoms with Gasteiger partial charge in [-0.3, -0.25) is 14.4 Å². The number of ether oxygens (including phenoxy) is 1. The lowest BCUT2D eigenvalue weighted by Gasteiger charge is -2.35. The van der Waals surface area contributed by atoms with Gasteiger partial charge in [0, 0.05) is 12.6 Å². The smallest absolute Gasteiger partial charge is 0.408 e. The second kappa shape index (κ2) is 13.8. The Morgan fingerprint density at radius 2 is 1.69 bits per heavy atom. The van der Waals surface area contributed by atoms with Crippen molar-refractivity contribution in [1.82, 2.24) is 15.5 Å². The number of nitrogens with one attached hydrogen (secondary N) is 2. The van der Waals surface area contributed by atoms with E-state index >= 15 is 0 Å². The zero-order valence-electron chi connectivity index (χ0n) is 23.1. The number of alkyl carbamates (subject to hydrolysis) is 1. The summed E-state index contributed by atoms with van der Waals surface area (Å²) in [5.41, 5.74) is 7.20. The van der Waals surface area contributed by atoms with Crippen LogP contribution in [0.25, 0.3) is 0 Å². The van der Waals surface area contributed by atoms with Crippen molar-refractivity contribution in [3.8, 4) is 0 Å². The molecule has 2 atom stereocenters. The highest BCUT2D eigenvalue weighted by molar-refractivity contribution is 5.94. The molecule has 36 heavy (non-hydrogen) atoms. The number of nitrogens with two attached hydrogens (primary N) is 1. The van der Waals surface area contributed by atoms with E-state index in [1.807, 2.05) is 52.8 Å². The largest absolute Gasteiger partial charge is 0.444 e. The maximum atomic E-state index is 13.9. The molecule has 202 valence electrons. The molecule has 1 rings (SSSR count). The van der Waals surface area contributed by atoms with Crippen molar-refractivity contribution in [2.45, 2.75) is 105 Å². The van der Waals surface area contributed by atoms with Crippen LogP contribution in [0.5, 0.6) is 0 Å². The Balaban J connectivity index is 3.55. The standard InChI is InChI=1S/C27H44N4O5/c1-9-10-11-14-31(25(34)21(16-22(28)32)30-26(35)36-27(6,7)8)23(24(33)29-17(2)3)20-13-12-18(4)15-19(20)5/h12-13,15,17,21,23H,9-11,14,16H2,1-8H3,(H2,28,32)(H,29,33)(H,30,35). The van der Waals surface area contributed by atoms with Gasteiger partial charge >= 0.3 is 6.09 Å². The lowest BCUT2D eigenvalue weighted by Crippen LogP contribution is -2.54. The van der Waals surface area contributed by atoms with Gasteiger partial charge in [-0.1, -0.05) is 43.5 Å². The van der Waals surface area contributed by atoms with Crippen LogP contribution in [-0.4, -0.2) is 52.9 Å². The molecule has 0 heterocycles. The first-order valence-corrected chi connectivity index (χ1v) is 12.6. The molecule has 0 saturated heterocycles. The topological polar surface area (TPSA) is 131 Å². The lowest BCUT2D eigenvalue weighted by molar-refractivity contribution is -0.143. The molecule has 0 radical (unpaired) electrons. The zero-order valence-corrected chi connectivity index (χ0v) is 23.1. The maximum Gasteiger partial charge on any atom is 0.408 e. The van der Waals surface area contributed by atoms with Gasteiger partial charge in [0.05, 0.1) is 6.42 Å². The molecule has 0 saturated carbocycles. The summed E-state index contributed by atoms with van der Waals surface area (Å²) in [5, 5.41) is 5.42. The molecule has 0 spiro atoms. The van der Waals surface area contributed by atoms with Crippen molar-refractivity contribution in [3.63, 3.8) is 0 Å². The minimum Gasteiger partial charge on any atom is -0.444 e. The molecule has 0 fully saturated rings. The number of benzene rings is 1. The predicted octanol–water partition coefficient (Wildman–Crippen LogP) is 3.66. The highest BCUT2D eigenvalue weighted by atomic mass is 16.6. The van der Waals surface area contributed by atoms with Crippen molar-refractivity contribution >= 4 is 23.8 Å². The fourth-order valence-electron chi connectivity index (χ4n) is 3.90. The van der Waals surface area contributed by atoms with Crippen LogP contribution < -0.4 is 16.4 Å². The number of hydrogen-bond donors (Lipinski definition) is 3. The van der Waals surface area contributed by atoms with Gasteiger partial charge in [-0.25, -0.2) is 4.79 Å². The number of carbonyl (C=O) groups is 4. The number of rotatable bonds is 12. The average Bonchev–Trinajstić information content (AvgIpc) is 2.71. The van der Waals surface area contributed by atoms with E-state index in [-0.39, 0.29) is 18.5 Å². The molecule has 0 aliphatic heterocycles. The Hall–Kier alpha value is -3.10. The molecule has 2 unspecified atom stereocenters. The van der Waals surface area contributed by atoms with E-state index in [0.717, 1.165) is 24.0 Å². The number of amides is 4. The molecule has 0 bridgehead atoms. The SMILES string of the molecule is CCCCCN(C(=O)C(CC(N)=O)NC(=O)OC(C)(C)C)C(C(=O)NC(C)C)c1ccc(C)cc1C. The van der Waals surface area contributed by atoms with Gasteiger partial charge in [0.25, 0.3) is 0 Å². The van der Waals surface area contributed by atoms with Crippen molar-refractivity contribution < 1.29 is 23.9 Å². The number of unbranched alkanes of at least 4 members (excludes halogenated alkanes) is 2. The number of carbonyl (C=O) groups excluding carboxylic acids is 4. The van der Waals surface area contributed by atoms with Gasteiger partial charge in [0.1, 0.15) is 17.7 Å². The van der Waals surface area contributed by atoms with Crippen LogP contribution in [0.3, 0.4) is 0 Å². The van der Waals surface area contributed by atoms with Crippen LogP contribution >= 0.6 is 0 Å². The molecule has 9 nitrogen and oxygen atoms in total. The summed E-state index contributed by atoms with van der Waals surface area (Å²) in [6.45, 7) is 14.9. The lowest BCUT2D eigenvalue weighted by atomic mass is 9.95. The molecule has 1 aromatic carbocycles. The van der Waals surface area contributed by atoms with Crippen molar-refractivity contribution in [3.05, 3.63) is 34.9 Å². The number of primary amides is 1. The molecule has 0 aromatic heterocycles. The number of aryl methyl sites for hydroxylation is 2. The van der Waals surface area contributed by atoms with Gasteiger partial charge in [-0.15, -0.1) is 0 Å². The monoisotopic (exact) mass is 504 g/mol. The fourth-order valence-corrected chi connectivity index (χ4v) is 3.90. The van der Waals surface area contributed by atoms with E-state index in [4.69, 9.17) is 10.5 Å². The van der Waals surface area contributed by atoms with Gasteiger partial charge in [0.2, 0.25) is 17.7 Å². The Morgan fingerprint density at radius 3 is 2.19 bits per heavy atom. The van der Waals surface area contributed by atoms with Crippen molar-refractivity contribution in [2.75, 3.05) is 6.54 Å². The Morgan fingerprint density at radius 1 is 1.06 bits per heavy atom. The molecule has 0 aliphatic rings. The summed E-state index contributed by atoms with van der Waals surface area (Å²) in [7, 11) is 0. The summed E-state index contributed by atoms with van der Waals surface area (Å²) in [6, 6.07) is 3.32. The Labute approximate surface area is 215 Å². The third kappa shape index (κ3) is 10.3. The average molecular weight is 505 g/mol. The van der Waals surface area contributed by atoms with Crippen LogP contribution in [0.15, 0.2) is 18.2 Å². The molecule has 9 heteroatoms. The van der Waals surface area contributed by atoms with Gasteiger partial charge < -0.3 is 26.0 Å². The Bertz CT molecular complexity index is 923. The van der Waals surface area contributed by atoms with E-state index in [0.29, 0.717) is 12.0 Å². The molecular formula is C27H44N4O5. The predicted molar refractivity (Wildman–Crippen MR) is 140 cm³/mol. The third-order valence-corrected chi connectivity index (χ3v) is 5.39. The summed E-state index contributed by atoms with van der Waals surface area (Å²) < 4.78 is 5.30. The van der Waals surface area contributed by atoms with Crippen molar-refractivity contribution in [1.29, 1.82) is 0 Å². The molecule has 0 aliphatic carbocycles. The summed E-state index contributed by atoms with van der Waals surface area (Å²) in [6.07, 6.45) is 1.14. The fraction of sp³-hybridized carbons (Fsp3) is 0.630. The van der Waals surface area contributed by atoms with Crippen LogP contribution in [0.2, 0.25) is 0 Å². The van der Waals surface area contributed by atoms with E-state index in [1.165, 1.54) is 4.90 Å². The van der Waals surface area contributed by atoms with E-state index in [9.17, 15) is 19.2 Å². The molecular weight excluding hydrogens is 460 g/mol. The van der Waals surface area contributed by atoms with Crippen LogP contribution in [0.1, 0.15) is 90.0 Å². The normalized spacial score (nSPS) is 13.0. The molecule has 1 aromatic rings. The van der Waals surface area contributed by atoms with Crippen LogP contribution in [0.4, 0.5) is 4.79 Å². The first-order valence-electron chi connectivity index (χ1n) is 12.6. The molecule has 4 amide bonds. The second-order valence-electron chi connectivity index (χ2n) is 10.5. The number of hydrogen-bond acceptors (Lipinski definition) is 5. The van der Waals surface area contributed by atoms with Gasteiger partial charge in [0.15, 0.2) is 0 Å². The zero-order chi connectivity index (χ0) is 27.6. The number of nitrogens with zero attached hydrogens (tertiary/aromatic N) is 1. The van der Waals surface area contributed by atoms with E-state index in [1.54, 1.807) is 20.8 Å². The van der Waals surface area contributed by atoms with Gasteiger partial charge in [-0.05, 0) is 66.0 Å². The van der Waals surface area contributed by atoms with Crippen molar-refractivity contribution in [2.24, 2.45) is 5.73 Å². The van der Waals surface area contributed by atoms with E-state index in [2.05, 4.69) is 10.6 Å². The minimum atomic E-state index is -1.28. The highest BCUT2D eigenvalue weighted by Gasteiger charge is 2.37. The highest BCUT2D eigenvalue weighted by Crippen LogP contribution is 2.27. The minimum absolute atomic E-state index is 0.153. The van der Waals surface area contributed by atoms with E-state index < -0.39 is 42.0 Å². The van der Waals surface area contributed by atoms with Crippen LogP contribution in [-0.2, 0) is 19.1 Å². The maximum absolute atomic E-state index is 13.9. The van der Waals surface area contributed by atoms with Crippen LogP contribution in [0, 0.1) is 13.8 Å². The van der Waals surface area contributed by atoms with Gasteiger partial charge in [-0.2, -0.15) is 0 Å². The quantitative estimate of drug-likeness (QED) is 0.374. The first kappa shape index (κ1) is 30.9. The second-order valence-corrected chi connectivity index (χ2v) is 10.5. The summed E-state index contributed by atoms with van der Waals surface area (Å²) in [5.74, 6) is -1.66. The molecule has 4 N–H and O–H groups in total.